The van der Waals surface area contributed by atoms with Crippen LogP contribution in [0.1, 0.15) is 17.5 Å². The fraction of sp³-hybridized carbons (Fsp3) is 0.400. The van der Waals surface area contributed by atoms with Crippen LogP contribution in [0.15, 0.2) is 12.1 Å². The Labute approximate surface area is 76.2 Å². The molecule has 1 aliphatic carbocycles. The lowest BCUT2D eigenvalue weighted by molar-refractivity contribution is 0.461. The number of fused-ring (bicyclic) bond motifs is 1. The molecular weight excluding hydrogens is 169 g/mol. The summed E-state index contributed by atoms with van der Waals surface area (Å²) in [4.78, 5) is 0. The van der Waals surface area contributed by atoms with E-state index in [2.05, 4.69) is 0 Å². The van der Waals surface area contributed by atoms with Crippen LogP contribution < -0.4 is 5.73 Å². The fourth-order valence-corrected chi connectivity index (χ4v) is 1.85. The SMILES string of the molecule is N[C@@H]1CCc2c(F)cc(O)cc2C1. The summed E-state index contributed by atoms with van der Waals surface area (Å²) in [7, 11) is 0. The molecule has 0 saturated carbocycles. The molecule has 70 valence electrons. The monoisotopic (exact) mass is 181 g/mol. The van der Waals surface area contributed by atoms with Crippen molar-refractivity contribution < 1.29 is 9.50 Å². The first-order valence-electron chi connectivity index (χ1n) is 4.42. The average molecular weight is 181 g/mol. The molecule has 0 aliphatic heterocycles. The molecule has 3 heteroatoms. The highest BCUT2D eigenvalue weighted by Crippen LogP contribution is 2.27. The van der Waals surface area contributed by atoms with Crippen LogP contribution in [0, 0.1) is 5.82 Å². The van der Waals surface area contributed by atoms with Crippen molar-refractivity contribution in [1.82, 2.24) is 0 Å². The molecule has 3 N–H and O–H groups in total. The first kappa shape index (κ1) is 8.51. The Hall–Kier alpha value is -1.09. The van der Waals surface area contributed by atoms with E-state index in [1.165, 1.54) is 0 Å². The lowest BCUT2D eigenvalue weighted by Crippen LogP contribution is -2.28. The number of nitrogens with two attached hydrogens (primary N) is 1. The predicted octanol–water partition coefficient (Wildman–Crippen LogP) is 1.35. The van der Waals surface area contributed by atoms with Gasteiger partial charge in [0.25, 0.3) is 0 Å². The number of hydrogen-bond acceptors (Lipinski definition) is 2. The number of halogens is 1. The summed E-state index contributed by atoms with van der Waals surface area (Å²) < 4.78 is 13.3. The van der Waals surface area contributed by atoms with Crippen LogP contribution in [0.3, 0.4) is 0 Å². The Balaban J connectivity index is 2.47. The minimum atomic E-state index is -0.304. The highest BCUT2D eigenvalue weighted by molar-refractivity contribution is 5.38. The number of hydrogen-bond donors (Lipinski definition) is 2. The molecule has 0 fully saturated rings. The molecular formula is C10H12FNO. The number of aromatic hydroxyl groups is 1. The summed E-state index contributed by atoms with van der Waals surface area (Å²) in [6.45, 7) is 0. The summed E-state index contributed by atoms with van der Waals surface area (Å²) in [5.74, 6) is -0.313. The van der Waals surface area contributed by atoms with Crippen molar-refractivity contribution in [2.75, 3.05) is 0 Å². The standard InChI is InChI=1S/C10H12FNO/c11-10-5-8(13)4-6-3-7(12)1-2-9(6)10/h4-5,7,13H,1-3,12H2/t7-/m1/s1. The fourth-order valence-electron chi connectivity index (χ4n) is 1.85. The molecule has 0 unspecified atom stereocenters. The molecule has 0 spiro atoms. The van der Waals surface area contributed by atoms with Gasteiger partial charge >= 0.3 is 0 Å². The minimum Gasteiger partial charge on any atom is -0.508 e. The zero-order valence-electron chi connectivity index (χ0n) is 7.26. The molecule has 2 rings (SSSR count). The van der Waals surface area contributed by atoms with Crippen LogP contribution in [0.25, 0.3) is 0 Å². The van der Waals surface area contributed by atoms with E-state index in [1.54, 1.807) is 6.07 Å². The van der Waals surface area contributed by atoms with Gasteiger partial charge in [0.15, 0.2) is 0 Å². The van der Waals surface area contributed by atoms with E-state index in [0.29, 0.717) is 12.8 Å². The van der Waals surface area contributed by atoms with Crippen LogP contribution in [0.2, 0.25) is 0 Å². The summed E-state index contributed by atoms with van der Waals surface area (Å²) >= 11 is 0. The van der Waals surface area contributed by atoms with E-state index < -0.39 is 0 Å². The second-order valence-corrected chi connectivity index (χ2v) is 3.57. The van der Waals surface area contributed by atoms with Gasteiger partial charge in [0, 0.05) is 12.1 Å². The maximum atomic E-state index is 13.3. The van der Waals surface area contributed by atoms with Gasteiger partial charge in [-0.15, -0.1) is 0 Å². The first-order valence-corrected chi connectivity index (χ1v) is 4.42. The third-order valence-corrected chi connectivity index (χ3v) is 2.52. The quantitative estimate of drug-likeness (QED) is 0.634. The minimum absolute atomic E-state index is 0.00894. The number of benzene rings is 1. The lowest BCUT2D eigenvalue weighted by Gasteiger charge is -2.21. The molecule has 0 radical (unpaired) electrons. The van der Waals surface area contributed by atoms with Gasteiger partial charge < -0.3 is 10.8 Å². The molecule has 13 heavy (non-hydrogen) atoms. The van der Waals surface area contributed by atoms with Crippen molar-refractivity contribution in [2.45, 2.75) is 25.3 Å². The number of phenols is 1. The predicted molar refractivity (Wildman–Crippen MR) is 48.1 cm³/mol. The van der Waals surface area contributed by atoms with E-state index in [0.717, 1.165) is 23.6 Å². The van der Waals surface area contributed by atoms with E-state index in [4.69, 9.17) is 5.73 Å². The highest BCUT2D eigenvalue weighted by Gasteiger charge is 2.19. The highest BCUT2D eigenvalue weighted by atomic mass is 19.1. The largest absolute Gasteiger partial charge is 0.508 e. The van der Waals surface area contributed by atoms with Gasteiger partial charge in [0.1, 0.15) is 11.6 Å². The Kier molecular flexibility index (Phi) is 1.96. The molecule has 0 amide bonds. The van der Waals surface area contributed by atoms with Crippen LogP contribution in [0.4, 0.5) is 4.39 Å². The Morgan fingerprint density at radius 1 is 1.46 bits per heavy atom. The summed E-state index contributed by atoms with van der Waals surface area (Å²) in [6.07, 6.45) is 2.18. The smallest absolute Gasteiger partial charge is 0.130 e. The molecule has 0 heterocycles. The molecule has 1 aliphatic rings. The van der Waals surface area contributed by atoms with Gasteiger partial charge in [0.2, 0.25) is 0 Å². The van der Waals surface area contributed by atoms with Crippen molar-refractivity contribution in [3.05, 3.63) is 29.1 Å². The first-order chi connectivity index (χ1) is 6.16. The van der Waals surface area contributed by atoms with Crippen LogP contribution in [-0.4, -0.2) is 11.1 Å². The number of phenolic OH excluding ortho intramolecular Hbond substituents is 1. The maximum Gasteiger partial charge on any atom is 0.130 e. The number of rotatable bonds is 0. The van der Waals surface area contributed by atoms with Gasteiger partial charge in [-0.3, -0.25) is 0 Å². The van der Waals surface area contributed by atoms with Crippen molar-refractivity contribution in [3.63, 3.8) is 0 Å². The second-order valence-electron chi connectivity index (χ2n) is 3.57. The van der Waals surface area contributed by atoms with Crippen molar-refractivity contribution in [1.29, 1.82) is 0 Å². The topological polar surface area (TPSA) is 46.2 Å². The van der Waals surface area contributed by atoms with E-state index in [9.17, 15) is 9.50 Å². The second kappa shape index (κ2) is 3.00. The van der Waals surface area contributed by atoms with Crippen LogP contribution >= 0.6 is 0 Å². The third kappa shape index (κ3) is 1.52. The lowest BCUT2D eigenvalue weighted by atomic mass is 9.88. The summed E-state index contributed by atoms with van der Waals surface area (Å²) in [6, 6.07) is 2.88. The Morgan fingerprint density at radius 3 is 3.00 bits per heavy atom. The van der Waals surface area contributed by atoms with Gasteiger partial charge in [-0.05, 0) is 36.5 Å². The van der Waals surface area contributed by atoms with Gasteiger partial charge in [-0.1, -0.05) is 0 Å². The molecule has 1 aromatic carbocycles. The Morgan fingerprint density at radius 2 is 2.23 bits per heavy atom. The van der Waals surface area contributed by atoms with Crippen molar-refractivity contribution in [3.8, 4) is 5.75 Å². The van der Waals surface area contributed by atoms with Crippen molar-refractivity contribution >= 4 is 0 Å². The molecule has 1 atom stereocenters. The maximum absolute atomic E-state index is 13.3. The molecule has 1 aromatic rings. The van der Waals surface area contributed by atoms with Crippen LogP contribution in [0.5, 0.6) is 5.75 Å². The Bertz CT molecular complexity index is 338. The molecule has 0 saturated heterocycles. The molecule has 0 aromatic heterocycles. The van der Waals surface area contributed by atoms with Crippen LogP contribution in [-0.2, 0) is 12.8 Å². The zero-order valence-corrected chi connectivity index (χ0v) is 7.26. The van der Waals surface area contributed by atoms with E-state index in [1.807, 2.05) is 0 Å². The molecule has 0 bridgehead atoms. The van der Waals surface area contributed by atoms with Gasteiger partial charge in [-0.25, -0.2) is 4.39 Å². The zero-order chi connectivity index (χ0) is 9.42. The summed E-state index contributed by atoms with van der Waals surface area (Å²) in [5, 5.41) is 9.17. The van der Waals surface area contributed by atoms with E-state index >= 15 is 0 Å². The van der Waals surface area contributed by atoms with Gasteiger partial charge in [0.05, 0.1) is 0 Å². The summed E-state index contributed by atoms with van der Waals surface area (Å²) in [5.41, 5.74) is 7.33. The van der Waals surface area contributed by atoms with Crippen molar-refractivity contribution in [2.24, 2.45) is 5.73 Å². The normalized spacial score (nSPS) is 21.2. The third-order valence-electron chi connectivity index (χ3n) is 2.52. The average Bonchev–Trinajstić information content (AvgIpc) is 2.02. The molecule has 2 nitrogen and oxygen atoms in total. The van der Waals surface area contributed by atoms with E-state index in [-0.39, 0.29) is 17.6 Å². The van der Waals surface area contributed by atoms with Gasteiger partial charge in [-0.2, -0.15) is 0 Å².